The van der Waals surface area contributed by atoms with E-state index in [2.05, 4.69) is 0 Å². The van der Waals surface area contributed by atoms with E-state index in [0.29, 0.717) is 18.6 Å². The molecule has 2 aliphatic rings. The van der Waals surface area contributed by atoms with Gasteiger partial charge in [-0.2, -0.15) is 0 Å². The number of aliphatic hydroxyl groups excluding tert-OH is 2. The highest BCUT2D eigenvalue weighted by atomic mass is 16.3. The lowest BCUT2D eigenvalue weighted by Gasteiger charge is -2.37. The molecule has 0 amide bonds. The van der Waals surface area contributed by atoms with E-state index in [0.717, 1.165) is 24.7 Å². The van der Waals surface area contributed by atoms with E-state index >= 15 is 0 Å². The summed E-state index contributed by atoms with van der Waals surface area (Å²) in [4.78, 5) is 0. The van der Waals surface area contributed by atoms with Gasteiger partial charge in [-0.3, -0.25) is 0 Å². The molecule has 76 valence electrons. The van der Waals surface area contributed by atoms with Gasteiger partial charge in [0.25, 0.3) is 0 Å². The topological polar surface area (TPSA) is 40.5 Å². The van der Waals surface area contributed by atoms with Gasteiger partial charge in [0.05, 0.1) is 0 Å². The van der Waals surface area contributed by atoms with Crippen molar-refractivity contribution < 1.29 is 10.2 Å². The molecule has 2 rings (SSSR count). The van der Waals surface area contributed by atoms with Crippen molar-refractivity contribution in [3.8, 4) is 0 Å². The highest BCUT2D eigenvalue weighted by molar-refractivity contribution is 4.99. The molecule has 2 bridgehead atoms. The van der Waals surface area contributed by atoms with Crippen molar-refractivity contribution in [3.63, 3.8) is 0 Å². The number of rotatable bonds is 4. The van der Waals surface area contributed by atoms with Crippen LogP contribution in [0.25, 0.3) is 0 Å². The van der Waals surface area contributed by atoms with Crippen molar-refractivity contribution in [3.05, 3.63) is 0 Å². The molecule has 0 aromatic carbocycles. The van der Waals surface area contributed by atoms with Crippen molar-refractivity contribution in [2.24, 2.45) is 17.3 Å². The zero-order chi connectivity index (χ0) is 9.31. The average Bonchev–Trinajstić information content (AvgIpc) is 2.64. The fourth-order valence-corrected chi connectivity index (χ4v) is 3.74. The zero-order valence-corrected chi connectivity index (χ0v) is 8.21. The van der Waals surface area contributed by atoms with Gasteiger partial charge in [0.2, 0.25) is 0 Å². The number of aliphatic hydroxyl groups is 2. The van der Waals surface area contributed by atoms with Crippen LogP contribution >= 0.6 is 0 Å². The van der Waals surface area contributed by atoms with Crippen molar-refractivity contribution in [2.45, 2.75) is 38.5 Å². The quantitative estimate of drug-likeness (QED) is 0.696. The van der Waals surface area contributed by atoms with Gasteiger partial charge in [-0.1, -0.05) is 6.42 Å². The number of hydrogen-bond acceptors (Lipinski definition) is 2. The molecule has 0 radical (unpaired) electrons. The molecule has 2 saturated carbocycles. The van der Waals surface area contributed by atoms with Gasteiger partial charge in [-0.15, -0.1) is 0 Å². The summed E-state index contributed by atoms with van der Waals surface area (Å²) >= 11 is 0. The fraction of sp³-hybridized carbons (Fsp3) is 1.00. The van der Waals surface area contributed by atoms with Crippen LogP contribution in [-0.4, -0.2) is 23.4 Å². The number of fused-ring (bicyclic) bond motifs is 2. The molecule has 0 spiro atoms. The lowest BCUT2D eigenvalue weighted by atomic mass is 9.69. The normalized spacial score (nSPS) is 35.5. The molecule has 0 aliphatic heterocycles. The molecular formula is C11H20O2. The Bertz CT molecular complexity index is 173. The largest absolute Gasteiger partial charge is 0.396 e. The van der Waals surface area contributed by atoms with Crippen LogP contribution in [0.5, 0.6) is 0 Å². The molecule has 2 aliphatic carbocycles. The molecule has 2 nitrogen and oxygen atoms in total. The molecule has 2 unspecified atom stereocenters. The summed E-state index contributed by atoms with van der Waals surface area (Å²) in [5, 5.41) is 18.1. The fourth-order valence-electron chi connectivity index (χ4n) is 3.74. The van der Waals surface area contributed by atoms with Crippen LogP contribution in [0.2, 0.25) is 0 Å². The molecule has 0 saturated heterocycles. The Labute approximate surface area is 80.0 Å². The summed E-state index contributed by atoms with van der Waals surface area (Å²) in [5.74, 6) is 1.71. The molecule has 2 fully saturated rings. The minimum absolute atomic E-state index is 0.295. The zero-order valence-electron chi connectivity index (χ0n) is 8.21. The Morgan fingerprint density at radius 3 is 2.15 bits per heavy atom. The maximum absolute atomic E-state index is 9.07. The average molecular weight is 184 g/mol. The first kappa shape index (κ1) is 9.47. The Kier molecular flexibility index (Phi) is 2.61. The third-order valence-electron chi connectivity index (χ3n) is 4.32. The van der Waals surface area contributed by atoms with Crippen LogP contribution in [0.1, 0.15) is 38.5 Å². The van der Waals surface area contributed by atoms with Gasteiger partial charge < -0.3 is 10.2 Å². The molecule has 0 aromatic heterocycles. The van der Waals surface area contributed by atoms with Crippen molar-refractivity contribution in [2.75, 3.05) is 13.2 Å². The van der Waals surface area contributed by atoms with Crippen LogP contribution in [0.15, 0.2) is 0 Å². The first-order valence-corrected chi connectivity index (χ1v) is 5.52. The first-order valence-electron chi connectivity index (χ1n) is 5.52. The van der Waals surface area contributed by atoms with Gasteiger partial charge >= 0.3 is 0 Å². The third-order valence-corrected chi connectivity index (χ3v) is 4.32. The molecule has 2 N–H and O–H groups in total. The van der Waals surface area contributed by atoms with E-state index in [4.69, 9.17) is 10.2 Å². The summed E-state index contributed by atoms with van der Waals surface area (Å²) in [6.45, 7) is 0.590. The molecule has 0 heterocycles. The van der Waals surface area contributed by atoms with Crippen LogP contribution in [0.4, 0.5) is 0 Å². The van der Waals surface area contributed by atoms with E-state index in [-0.39, 0.29) is 0 Å². The minimum Gasteiger partial charge on any atom is -0.396 e. The molecule has 2 heteroatoms. The van der Waals surface area contributed by atoms with E-state index < -0.39 is 0 Å². The second-order valence-corrected chi connectivity index (χ2v) is 4.89. The molecule has 13 heavy (non-hydrogen) atoms. The summed E-state index contributed by atoms with van der Waals surface area (Å²) in [6.07, 6.45) is 7.18. The highest BCUT2D eigenvalue weighted by Gasteiger charge is 2.49. The monoisotopic (exact) mass is 184 g/mol. The van der Waals surface area contributed by atoms with E-state index in [1.165, 1.54) is 25.7 Å². The second kappa shape index (κ2) is 3.58. The summed E-state index contributed by atoms with van der Waals surface area (Å²) in [7, 11) is 0. The highest BCUT2D eigenvalue weighted by Crippen LogP contribution is 2.59. The van der Waals surface area contributed by atoms with Crippen LogP contribution in [0, 0.1) is 17.3 Å². The summed E-state index contributed by atoms with van der Waals surface area (Å²) in [6, 6.07) is 0. The molecule has 2 atom stereocenters. The lowest BCUT2D eigenvalue weighted by molar-refractivity contribution is 0.0756. The van der Waals surface area contributed by atoms with Gasteiger partial charge in [-0.05, 0) is 49.4 Å². The van der Waals surface area contributed by atoms with Gasteiger partial charge in [0, 0.05) is 13.2 Å². The number of hydrogen-bond donors (Lipinski definition) is 2. The SMILES string of the molecule is OCCC1(CCO)CC2CCC1C2. The lowest BCUT2D eigenvalue weighted by Crippen LogP contribution is -2.30. The Morgan fingerprint density at radius 1 is 1.08 bits per heavy atom. The molecule has 0 aromatic rings. The maximum atomic E-state index is 9.07. The van der Waals surface area contributed by atoms with Gasteiger partial charge in [-0.25, -0.2) is 0 Å². The Balaban J connectivity index is 2.05. The van der Waals surface area contributed by atoms with Gasteiger partial charge in [0.1, 0.15) is 0 Å². The van der Waals surface area contributed by atoms with E-state index in [1.54, 1.807) is 0 Å². The van der Waals surface area contributed by atoms with Crippen molar-refractivity contribution >= 4 is 0 Å². The summed E-state index contributed by atoms with van der Waals surface area (Å²) in [5.41, 5.74) is 0.312. The minimum atomic E-state index is 0.295. The molecular weight excluding hydrogens is 164 g/mol. The van der Waals surface area contributed by atoms with E-state index in [9.17, 15) is 0 Å². The predicted octanol–water partition coefficient (Wildman–Crippen LogP) is 1.56. The van der Waals surface area contributed by atoms with Crippen LogP contribution < -0.4 is 0 Å². The maximum Gasteiger partial charge on any atom is 0.0436 e. The van der Waals surface area contributed by atoms with Crippen LogP contribution in [0.3, 0.4) is 0 Å². The van der Waals surface area contributed by atoms with Crippen molar-refractivity contribution in [1.82, 2.24) is 0 Å². The predicted molar refractivity (Wildman–Crippen MR) is 51.3 cm³/mol. The van der Waals surface area contributed by atoms with Crippen LogP contribution in [-0.2, 0) is 0 Å². The third kappa shape index (κ3) is 1.50. The second-order valence-electron chi connectivity index (χ2n) is 4.89. The van der Waals surface area contributed by atoms with Gasteiger partial charge in [0.15, 0.2) is 0 Å². The standard InChI is InChI=1S/C11H20O2/c12-5-3-11(4-6-13)8-9-1-2-10(11)7-9/h9-10,12-13H,1-8H2. The Hall–Kier alpha value is -0.0800. The van der Waals surface area contributed by atoms with E-state index in [1.807, 2.05) is 0 Å². The first-order chi connectivity index (χ1) is 6.30. The Morgan fingerprint density at radius 2 is 1.77 bits per heavy atom. The smallest absolute Gasteiger partial charge is 0.0436 e. The summed E-state index contributed by atoms with van der Waals surface area (Å²) < 4.78 is 0. The van der Waals surface area contributed by atoms with Crippen molar-refractivity contribution in [1.29, 1.82) is 0 Å².